The smallest absolute Gasteiger partial charge is 0.407 e. The fourth-order valence-corrected chi connectivity index (χ4v) is 5.79. The SMILES string of the molecule is CC1(C(=O)O)CN(C(=O)[C@@H]2CCC[C@@H]2CNC(=O)OCC2c3ccccc3-c3ccccc32)C1. The zero-order chi connectivity index (χ0) is 23.9. The number of hydrogen-bond donors (Lipinski definition) is 2. The first-order valence-corrected chi connectivity index (χ1v) is 12.0. The zero-order valence-electron chi connectivity index (χ0n) is 19.3. The van der Waals surface area contributed by atoms with Crippen molar-refractivity contribution in [3.63, 3.8) is 0 Å². The highest BCUT2D eigenvalue weighted by Gasteiger charge is 2.49. The molecule has 0 spiro atoms. The lowest BCUT2D eigenvalue weighted by Crippen LogP contribution is -2.62. The molecule has 7 heteroatoms. The van der Waals surface area contributed by atoms with Gasteiger partial charge in [0.05, 0.1) is 5.41 Å². The van der Waals surface area contributed by atoms with Gasteiger partial charge in [0.25, 0.3) is 0 Å². The van der Waals surface area contributed by atoms with Gasteiger partial charge in [0.2, 0.25) is 5.91 Å². The Morgan fingerprint density at radius 2 is 1.65 bits per heavy atom. The van der Waals surface area contributed by atoms with Gasteiger partial charge < -0.3 is 20.1 Å². The number of carboxylic acids is 1. The topological polar surface area (TPSA) is 95.9 Å². The first kappa shape index (κ1) is 22.4. The van der Waals surface area contributed by atoms with Gasteiger partial charge in [0, 0.05) is 31.5 Å². The number of carbonyl (C=O) groups excluding carboxylic acids is 2. The van der Waals surface area contributed by atoms with E-state index in [1.807, 2.05) is 24.3 Å². The molecule has 1 saturated carbocycles. The molecule has 1 heterocycles. The molecule has 178 valence electrons. The van der Waals surface area contributed by atoms with Gasteiger partial charge in [-0.05, 0) is 47.9 Å². The molecule has 34 heavy (non-hydrogen) atoms. The molecule has 5 rings (SSSR count). The number of rotatable bonds is 6. The third kappa shape index (κ3) is 3.93. The van der Waals surface area contributed by atoms with E-state index >= 15 is 0 Å². The van der Waals surface area contributed by atoms with Crippen molar-refractivity contribution in [1.82, 2.24) is 10.2 Å². The highest BCUT2D eigenvalue weighted by Crippen LogP contribution is 2.44. The first-order chi connectivity index (χ1) is 16.4. The molecule has 2 amide bonds. The Kier molecular flexibility index (Phi) is 5.80. The van der Waals surface area contributed by atoms with Gasteiger partial charge >= 0.3 is 12.1 Å². The largest absolute Gasteiger partial charge is 0.481 e. The third-order valence-corrected chi connectivity index (χ3v) is 7.74. The summed E-state index contributed by atoms with van der Waals surface area (Å²) in [5, 5.41) is 12.2. The van der Waals surface area contributed by atoms with Gasteiger partial charge in [-0.3, -0.25) is 9.59 Å². The maximum atomic E-state index is 12.9. The minimum Gasteiger partial charge on any atom is -0.481 e. The number of fused-ring (bicyclic) bond motifs is 3. The average molecular weight is 463 g/mol. The highest BCUT2D eigenvalue weighted by atomic mass is 16.5. The number of carbonyl (C=O) groups is 3. The van der Waals surface area contributed by atoms with Gasteiger partial charge in [-0.1, -0.05) is 55.0 Å². The quantitative estimate of drug-likeness (QED) is 0.679. The highest BCUT2D eigenvalue weighted by molar-refractivity contribution is 5.85. The van der Waals surface area contributed by atoms with Crippen molar-refractivity contribution in [2.75, 3.05) is 26.2 Å². The summed E-state index contributed by atoms with van der Waals surface area (Å²) in [6.45, 7) is 2.82. The molecule has 7 nitrogen and oxygen atoms in total. The van der Waals surface area contributed by atoms with Gasteiger partial charge in [0.15, 0.2) is 0 Å². The molecule has 0 unspecified atom stereocenters. The number of likely N-dealkylation sites (tertiary alicyclic amines) is 1. The lowest BCUT2D eigenvalue weighted by Gasteiger charge is -2.46. The molecule has 0 aromatic heterocycles. The second-order valence-corrected chi connectivity index (χ2v) is 10.1. The summed E-state index contributed by atoms with van der Waals surface area (Å²) in [6, 6.07) is 16.4. The normalized spacial score (nSPS) is 22.4. The molecule has 2 aromatic rings. The van der Waals surface area contributed by atoms with Crippen LogP contribution < -0.4 is 5.32 Å². The molecule has 1 aliphatic heterocycles. The van der Waals surface area contributed by atoms with Gasteiger partial charge in [-0.15, -0.1) is 0 Å². The van der Waals surface area contributed by atoms with Crippen LogP contribution in [0, 0.1) is 17.3 Å². The lowest BCUT2D eigenvalue weighted by atomic mass is 9.80. The van der Waals surface area contributed by atoms with Crippen molar-refractivity contribution in [2.45, 2.75) is 32.1 Å². The van der Waals surface area contributed by atoms with E-state index in [-0.39, 0.29) is 43.4 Å². The zero-order valence-corrected chi connectivity index (χ0v) is 19.3. The van der Waals surface area contributed by atoms with Gasteiger partial charge in [-0.25, -0.2) is 4.79 Å². The van der Waals surface area contributed by atoms with Crippen LogP contribution in [0.1, 0.15) is 43.2 Å². The number of carboxylic acid groups (broad SMARTS) is 1. The number of aliphatic carboxylic acids is 1. The number of hydrogen-bond acceptors (Lipinski definition) is 4. The van der Waals surface area contributed by atoms with Crippen LogP contribution in [0.15, 0.2) is 48.5 Å². The predicted octanol–water partition coefficient (Wildman–Crippen LogP) is 3.87. The van der Waals surface area contributed by atoms with E-state index in [2.05, 4.69) is 29.6 Å². The molecule has 2 aromatic carbocycles. The monoisotopic (exact) mass is 462 g/mol. The van der Waals surface area contributed by atoms with Crippen molar-refractivity contribution < 1.29 is 24.2 Å². The number of nitrogens with zero attached hydrogens (tertiary/aromatic N) is 1. The maximum Gasteiger partial charge on any atom is 0.407 e. The number of amides is 2. The Balaban J connectivity index is 1.14. The molecule has 1 saturated heterocycles. The molecule has 2 N–H and O–H groups in total. The summed E-state index contributed by atoms with van der Waals surface area (Å²) in [4.78, 5) is 38.4. The Morgan fingerprint density at radius 1 is 1.03 bits per heavy atom. The maximum absolute atomic E-state index is 12.9. The molecule has 0 radical (unpaired) electrons. The van der Waals surface area contributed by atoms with E-state index in [0.29, 0.717) is 6.54 Å². The van der Waals surface area contributed by atoms with E-state index in [1.165, 1.54) is 22.3 Å². The fourth-order valence-electron chi connectivity index (χ4n) is 5.79. The Hall–Kier alpha value is -3.35. The van der Waals surface area contributed by atoms with Crippen molar-refractivity contribution in [1.29, 1.82) is 0 Å². The second-order valence-electron chi connectivity index (χ2n) is 10.1. The van der Waals surface area contributed by atoms with Crippen LogP contribution in [0.25, 0.3) is 11.1 Å². The summed E-state index contributed by atoms with van der Waals surface area (Å²) in [5.74, 6) is -0.974. The fraction of sp³-hybridized carbons (Fsp3) is 0.444. The molecular weight excluding hydrogens is 432 g/mol. The minimum absolute atomic E-state index is 0.00826. The van der Waals surface area contributed by atoms with E-state index in [0.717, 1.165) is 19.3 Å². The van der Waals surface area contributed by atoms with E-state index in [4.69, 9.17) is 4.74 Å². The summed E-state index contributed by atoms with van der Waals surface area (Å²) < 4.78 is 5.62. The Bertz CT molecular complexity index is 1080. The van der Waals surface area contributed by atoms with Crippen molar-refractivity contribution in [3.8, 4) is 11.1 Å². The molecule has 2 atom stereocenters. The third-order valence-electron chi connectivity index (χ3n) is 7.74. The summed E-state index contributed by atoms with van der Waals surface area (Å²) in [5.41, 5.74) is 3.86. The molecular formula is C27H30N2O5. The number of nitrogens with one attached hydrogen (secondary N) is 1. The number of alkyl carbamates (subject to hydrolysis) is 1. The van der Waals surface area contributed by atoms with E-state index in [9.17, 15) is 19.5 Å². The molecule has 3 aliphatic rings. The molecule has 2 fully saturated rings. The molecule has 2 aliphatic carbocycles. The second kappa shape index (κ2) is 8.78. The number of benzene rings is 2. The van der Waals surface area contributed by atoms with Crippen LogP contribution in [0.2, 0.25) is 0 Å². The van der Waals surface area contributed by atoms with Crippen LogP contribution in [-0.2, 0) is 14.3 Å². The van der Waals surface area contributed by atoms with E-state index in [1.54, 1.807) is 11.8 Å². The lowest BCUT2D eigenvalue weighted by molar-refractivity contribution is -0.166. The van der Waals surface area contributed by atoms with Crippen LogP contribution in [0.4, 0.5) is 4.79 Å². The van der Waals surface area contributed by atoms with Crippen molar-refractivity contribution >= 4 is 18.0 Å². The predicted molar refractivity (Wildman–Crippen MR) is 126 cm³/mol. The van der Waals surface area contributed by atoms with Gasteiger partial charge in [0.1, 0.15) is 6.61 Å². The average Bonchev–Trinajstić information content (AvgIpc) is 3.41. The van der Waals surface area contributed by atoms with Crippen LogP contribution >= 0.6 is 0 Å². The Morgan fingerprint density at radius 3 is 2.26 bits per heavy atom. The van der Waals surface area contributed by atoms with Crippen molar-refractivity contribution in [2.24, 2.45) is 17.3 Å². The van der Waals surface area contributed by atoms with Crippen LogP contribution in [0.5, 0.6) is 0 Å². The summed E-state index contributed by atoms with van der Waals surface area (Å²) in [7, 11) is 0. The minimum atomic E-state index is -0.864. The van der Waals surface area contributed by atoms with Gasteiger partial charge in [-0.2, -0.15) is 0 Å². The summed E-state index contributed by atoms with van der Waals surface area (Å²) >= 11 is 0. The Labute approximate surface area is 199 Å². The summed E-state index contributed by atoms with van der Waals surface area (Å²) in [6.07, 6.45) is 2.10. The van der Waals surface area contributed by atoms with Crippen LogP contribution in [-0.4, -0.2) is 54.2 Å². The first-order valence-electron chi connectivity index (χ1n) is 12.0. The van der Waals surface area contributed by atoms with E-state index < -0.39 is 17.5 Å². The standard InChI is InChI=1S/C27H30N2O5/c1-27(25(31)32)15-29(16-27)24(30)18-12-6-7-17(18)13-28-26(33)34-14-23-21-10-4-2-8-19(21)20-9-3-5-11-22(20)23/h2-5,8-11,17-18,23H,6-7,12-16H2,1H3,(H,28,33)(H,31,32)/t17-,18-/m1/s1. The van der Waals surface area contributed by atoms with Crippen molar-refractivity contribution in [3.05, 3.63) is 59.7 Å². The molecule has 0 bridgehead atoms. The number of ether oxygens (including phenoxy) is 1. The van der Waals surface area contributed by atoms with Crippen LogP contribution in [0.3, 0.4) is 0 Å².